The van der Waals surface area contributed by atoms with Gasteiger partial charge in [-0.3, -0.25) is 19.4 Å². The number of hydrogen-bond acceptors (Lipinski definition) is 6. The lowest BCUT2D eigenvalue weighted by Crippen LogP contribution is -2.57. The average Bonchev–Trinajstić information content (AvgIpc) is 2.78. The van der Waals surface area contributed by atoms with Crippen molar-refractivity contribution in [2.45, 2.75) is 52.4 Å². The lowest BCUT2D eigenvalue weighted by Gasteiger charge is -2.44. The molecule has 0 saturated carbocycles. The molecule has 1 unspecified atom stereocenters. The lowest BCUT2D eigenvalue weighted by molar-refractivity contribution is -0.112. The molecule has 1 fully saturated rings. The topological polar surface area (TPSA) is 114 Å². The molecule has 0 aliphatic carbocycles. The van der Waals surface area contributed by atoms with Crippen molar-refractivity contribution in [1.29, 1.82) is 0 Å². The van der Waals surface area contributed by atoms with E-state index in [1.54, 1.807) is 23.4 Å². The van der Waals surface area contributed by atoms with E-state index < -0.39 is 29.2 Å². The lowest BCUT2D eigenvalue weighted by atomic mass is 10.1. The number of nitrogens with zero attached hydrogens (tertiary/aromatic N) is 3. The quantitative estimate of drug-likeness (QED) is 0.764. The Morgan fingerprint density at radius 2 is 2.13 bits per heavy atom. The molecule has 2 aliphatic rings. The van der Waals surface area contributed by atoms with Crippen LogP contribution in [0.25, 0.3) is 0 Å². The SMILES string of the molecule is CC.C[C@@H]1CCOC2Cn3cc(C(=O)NCCc4cccnc4)c(=O)c(O)c3C(=O)N21. The van der Waals surface area contributed by atoms with Crippen LogP contribution in [-0.4, -0.2) is 56.8 Å². The van der Waals surface area contributed by atoms with Crippen molar-refractivity contribution >= 4 is 11.8 Å². The van der Waals surface area contributed by atoms with E-state index in [-0.39, 0.29) is 23.8 Å². The van der Waals surface area contributed by atoms with Crippen LogP contribution in [0.3, 0.4) is 0 Å². The Hall–Kier alpha value is -3.20. The maximum absolute atomic E-state index is 12.9. The second-order valence-electron chi connectivity index (χ2n) is 7.26. The minimum atomic E-state index is -0.854. The van der Waals surface area contributed by atoms with Crippen molar-refractivity contribution in [1.82, 2.24) is 19.8 Å². The largest absolute Gasteiger partial charge is 0.503 e. The Labute approximate surface area is 180 Å². The second kappa shape index (κ2) is 9.74. The molecule has 31 heavy (non-hydrogen) atoms. The summed E-state index contributed by atoms with van der Waals surface area (Å²) in [5.41, 5.74) is -0.211. The van der Waals surface area contributed by atoms with Gasteiger partial charge in [-0.15, -0.1) is 0 Å². The minimum absolute atomic E-state index is 0.0556. The fourth-order valence-corrected chi connectivity index (χ4v) is 3.78. The van der Waals surface area contributed by atoms with Crippen LogP contribution >= 0.6 is 0 Å². The van der Waals surface area contributed by atoms with Crippen LogP contribution in [0.2, 0.25) is 0 Å². The van der Waals surface area contributed by atoms with Gasteiger partial charge in [0.05, 0.1) is 13.2 Å². The van der Waals surface area contributed by atoms with Gasteiger partial charge in [0.2, 0.25) is 5.43 Å². The number of ether oxygens (including phenoxy) is 1. The molecule has 2 aromatic heterocycles. The van der Waals surface area contributed by atoms with Crippen LogP contribution in [0, 0.1) is 0 Å². The predicted octanol–water partition coefficient (Wildman–Crippen LogP) is 1.54. The Bertz CT molecular complexity index is 1000. The molecule has 0 aromatic carbocycles. The number of hydrogen-bond donors (Lipinski definition) is 2. The fourth-order valence-electron chi connectivity index (χ4n) is 3.78. The molecule has 4 heterocycles. The summed E-state index contributed by atoms with van der Waals surface area (Å²) in [6, 6.07) is 3.64. The van der Waals surface area contributed by atoms with Crippen LogP contribution in [0.5, 0.6) is 5.75 Å². The van der Waals surface area contributed by atoms with Crippen LogP contribution in [0.1, 0.15) is 53.6 Å². The normalized spacial score (nSPS) is 19.6. The Balaban J connectivity index is 0.00000132. The zero-order chi connectivity index (χ0) is 22.5. The van der Waals surface area contributed by atoms with E-state index in [0.717, 1.165) is 5.56 Å². The first-order valence-electron chi connectivity index (χ1n) is 10.5. The highest BCUT2D eigenvalue weighted by Gasteiger charge is 2.40. The van der Waals surface area contributed by atoms with Crippen LogP contribution < -0.4 is 10.7 Å². The molecule has 0 radical (unpaired) electrons. The van der Waals surface area contributed by atoms with E-state index in [2.05, 4.69) is 10.3 Å². The van der Waals surface area contributed by atoms with Crippen molar-refractivity contribution in [3.05, 3.63) is 57.8 Å². The first kappa shape index (κ1) is 22.5. The Morgan fingerprint density at radius 1 is 1.35 bits per heavy atom. The highest BCUT2D eigenvalue weighted by Crippen LogP contribution is 2.29. The predicted molar refractivity (Wildman–Crippen MR) is 114 cm³/mol. The molecule has 2 aromatic rings. The summed E-state index contributed by atoms with van der Waals surface area (Å²) in [4.78, 5) is 43.5. The number of aromatic hydroxyl groups is 1. The van der Waals surface area contributed by atoms with Gasteiger partial charge in [-0.1, -0.05) is 19.9 Å². The van der Waals surface area contributed by atoms with Crippen LogP contribution in [0.4, 0.5) is 0 Å². The van der Waals surface area contributed by atoms with Crippen molar-refractivity contribution in [2.75, 3.05) is 13.2 Å². The number of pyridine rings is 2. The van der Waals surface area contributed by atoms with Gasteiger partial charge in [0.15, 0.2) is 17.7 Å². The smallest absolute Gasteiger partial charge is 0.276 e. The van der Waals surface area contributed by atoms with Crippen molar-refractivity contribution in [2.24, 2.45) is 0 Å². The summed E-state index contributed by atoms with van der Waals surface area (Å²) < 4.78 is 7.12. The summed E-state index contributed by atoms with van der Waals surface area (Å²) >= 11 is 0. The molecule has 4 rings (SSSR count). The number of nitrogens with one attached hydrogen (secondary N) is 1. The first-order chi connectivity index (χ1) is 15.0. The molecule has 2 amide bonds. The third kappa shape index (κ3) is 4.46. The molecule has 9 heteroatoms. The Kier molecular flexibility index (Phi) is 7.06. The van der Waals surface area contributed by atoms with E-state index in [1.165, 1.54) is 10.8 Å². The summed E-state index contributed by atoms with van der Waals surface area (Å²) in [6.45, 7) is 6.98. The molecule has 0 bridgehead atoms. The van der Waals surface area contributed by atoms with Gasteiger partial charge in [-0.25, -0.2) is 0 Å². The number of rotatable bonds is 4. The van der Waals surface area contributed by atoms with E-state index in [0.29, 0.717) is 26.0 Å². The monoisotopic (exact) mass is 428 g/mol. The Morgan fingerprint density at radius 3 is 2.84 bits per heavy atom. The number of carbonyl (C=O) groups excluding carboxylic acids is 2. The van der Waals surface area contributed by atoms with Crippen LogP contribution in [-0.2, 0) is 17.7 Å². The molecular weight excluding hydrogens is 400 g/mol. The molecule has 2 N–H and O–H groups in total. The van der Waals surface area contributed by atoms with Gasteiger partial charge in [0, 0.05) is 31.2 Å². The molecule has 2 atom stereocenters. The van der Waals surface area contributed by atoms with E-state index >= 15 is 0 Å². The van der Waals surface area contributed by atoms with Gasteiger partial charge < -0.3 is 24.6 Å². The number of amides is 2. The summed E-state index contributed by atoms with van der Waals surface area (Å²) in [5.74, 6) is -1.77. The molecule has 0 spiro atoms. The summed E-state index contributed by atoms with van der Waals surface area (Å²) in [7, 11) is 0. The summed E-state index contributed by atoms with van der Waals surface area (Å²) in [5, 5.41) is 13.1. The second-order valence-corrected chi connectivity index (χ2v) is 7.26. The highest BCUT2D eigenvalue weighted by atomic mass is 16.5. The number of aromatic nitrogens is 2. The molecule has 166 valence electrons. The van der Waals surface area contributed by atoms with Gasteiger partial charge in [-0.2, -0.15) is 0 Å². The van der Waals surface area contributed by atoms with Crippen molar-refractivity contribution in [3.8, 4) is 5.75 Å². The standard InChI is InChI=1S/C20H22N4O5.C2H6/c1-12-5-8-29-15-11-23-10-14(17(25)18(26)16(23)20(28)24(12)15)19(27)22-7-4-13-3-2-6-21-9-13;1-2/h2-3,6,9-10,12,15,26H,4-5,7-8,11H2,1H3,(H,22,27);1-2H3/t12-,15?;/m1./s1. The number of fused-ring (bicyclic) bond motifs is 2. The van der Waals surface area contributed by atoms with Gasteiger partial charge >= 0.3 is 0 Å². The van der Waals surface area contributed by atoms with Gasteiger partial charge in [-0.05, 0) is 31.4 Å². The zero-order valence-electron chi connectivity index (χ0n) is 18.0. The minimum Gasteiger partial charge on any atom is -0.503 e. The van der Waals surface area contributed by atoms with E-state index in [9.17, 15) is 19.5 Å². The van der Waals surface area contributed by atoms with Crippen molar-refractivity contribution < 1.29 is 19.4 Å². The number of carbonyl (C=O) groups is 2. The maximum Gasteiger partial charge on any atom is 0.276 e. The molecule has 1 saturated heterocycles. The highest BCUT2D eigenvalue weighted by molar-refractivity contribution is 5.99. The third-order valence-electron chi connectivity index (χ3n) is 5.34. The summed E-state index contributed by atoms with van der Waals surface area (Å²) in [6.07, 6.45) is 5.45. The van der Waals surface area contributed by atoms with E-state index in [1.807, 2.05) is 26.8 Å². The zero-order valence-corrected chi connectivity index (χ0v) is 18.0. The molecule has 2 aliphatic heterocycles. The maximum atomic E-state index is 12.9. The molecular formula is C22H28N4O5. The average molecular weight is 428 g/mol. The van der Waals surface area contributed by atoms with Gasteiger partial charge in [0.25, 0.3) is 11.8 Å². The van der Waals surface area contributed by atoms with Crippen molar-refractivity contribution in [3.63, 3.8) is 0 Å². The molecule has 9 nitrogen and oxygen atoms in total. The first-order valence-corrected chi connectivity index (χ1v) is 10.5. The third-order valence-corrected chi connectivity index (χ3v) is 5.34. The fraction of sp³-hybridized carbons (Fsp3) is 0.455. The van der Waals surface area contributed by atoms with Crippen LogP contribution in [0.15, 0.2) is 35.5 Å². The van der Waals surface area contributed by atoms with Gasteiger partial charge in [0.1, 0.15) is 5.56 Å². The van der Waals surface area contributed by atoms with E-state index in [4.69, 9.17) is 4.74 Å².